The van der Waals surface area contributed by atoms with Gasteiger partial charge in [0.15, 0.2) is 0 Å². The summed E-state index contributed by atoms with van der Waals surface area (Å²) in [6.45, 7) is 0.462. The molecule has 0 aromatic heterocycles. The number of anilines is 1. The van der Waals surface area contributed by atoms with E-state index < -0.39 is 17.4 Å². The zero-order valence-corrected chi connectivity index (χ0v) is 9.19. The van der Waals surface area contributed by atoms with Crippen LogP contribution in [0, 0.1) is 0 Å². The summed E-state index contributed by atoms with van der Waals surface area (Å²) in [6, 6.07) is 7.16. The van der Waals surface area contributed by atoms with Crippen LogP contribution in [0.25, 0.3) is 0 Å². The first kappa shape index (κ1) is 10.3. The summed E-state index contributed by atoms with van der Waals surface area (Å²) in [5, 5.41) is 5.88. The van der Waals surface area contributed by atoms with Gasteiger partial charge in [-0.3, -0.25) is 9.59 Å². The first-order chi connectivity index (χ1) is 8.13. The molecule has 17 heavy (non-hydrogen) atoms. The number of carbonyl (C=O) groups excluding carboxylic acids is 2. The molecule has 0 unspecified atom stereocenters. The molecule has 1 aromatic carbocycles. The van der Waals surface area contributed by atoms with Crippen LogP contribution < -0.4 is 16.4 Å². The monoisotopic (exact) mass is 231 g/mol. The number of nitrogens with one attached hydrogen (secondary N) is 2. The Morgan fingerprint density at radius 3 is 2.88 bits per heavy atom. The molecular formula is C12H13N3O2. The van der Waals surface area contributed by atoms with Gasteiger partial charge in [0.2, 0.25) is 11.8 Å². The summed E-state index contributed by atoms with van der Waals surface area (Å²) in [7, 11) is 0. The fraction of sp³-hybridized carbons (Fsp3) is 0.333. The third kappa shape index (κ3) is 1.29. The lowest BCUT2D eigenvalue weighted by Crippen LogP contribution is -2.36. The van der Waals surface area contributed by atoms with Gasteiger partial charge in [-0.1, -0.05) is 18.2 Å². The number of fused-ring (bicyclic) bond motifs is 2. The van der Waals surface area contributed by atoms with Crippen LogP contribution in [-0.2, 0) is 15.0 Å². The second-order valence-electron chi connectivity index (χ2n) is 4.62. The predicted octanol–water partition coefficient (Wildman–Crippen LogP) is -0.276. The second-order valence-corrected chi connectivity index (χ2v) is 4.62. The van der Waals surface area contributed by atoms with Crippen molar-refractivity contribution in [2.75, 3.05) is 11.9 Å². The standard InChI is InChI=1S/C12H13N3O2/c13-10(16)9-5-12(6-14-9)7-3-1-2-4-8(7)15-11(12)17/h1-4,9,14H,5-6H2,(H2,13,16)(H,15,17)/t9-,12-/m1/s1. The van der Waals surface area contributed by atoms with Gasteiger partial charge in [0.05, 0.1) is 11.5 Å². The van der Waals surface area contributed by atoms with E-state index in [2.05, 4.69) is 10.6 Å². The third-order valence-electron chi connectivity index (χ3n) is 3.67. The molecule has 0 aliphatic carbocycles. The van der Waals surface area contributed by atoms with E-state index in [4.69, 9.17) is 5.73 Å². The smallest absolute Gasteiger partial charge is 0.236 e. The fourth-order valence-electron chi connectivity index (χ4n) is 2.74. The van der Waals surface area contributed by atoms with Gasteiger partial charge in [0, 0.05) is 12.2 Å². The molecule has 2 heterocycles. The lowest BCUT2D eigenvalue weighted by Gasteiger charge is -2.19. The van der Waals surface area contributed by atoms with Crippen LogP contribution in [0.15, 0.2) is 24.3 Å². The zero-order chi connectivity index (χ0) is 12.0. The van der Waals surface area contributed by atoms with E-state index >= 15 is 0 Å². The number of amides is 2. The van der Waals surface area contributed by atoms with Crippen molar-refractivity contribution >= 4 is 17.5 Å². The predicted molar refractivity (Wildman–Crippen MR) is 62.4 cm³/mol. The average Bonchev–Trinajstić information content (AvgIpc) is 2.85. The Bertz CT molecular complexity index is 514. The minimum atomic E-state index is -0.629. The van der Waals surface area contributed by atoms with Crippen molar-refractivity contribution in [2.45, 2.75) is 17.9 Å². The summed E-state index contributed by atoms with van der Waals surface area (Å²) >= 11 is 0. The molecular weight excluding hydrogens is 218 g/mol. The minimum Gasteiger partial charge on any atom is -0.368 e. The molecule has 2 aliphatic rings. The van der Waals surface area contributed by atoms with Crippen molar-refractivity contribution in [3.8, 4) is 0 Å². The molecule has 88 valence electrons. The maximum Gasteiger partial charge on any atom is 0.236 e. The van der Waals surface area contributed by atoms with E-state index in [1.807, 2.05) is 24.3 Å². The topological polar surface area (TPSA) is 84.2 Å². The van der Waals surface area contributed by atoms with Gasteiger partial charge in [-0.2, -0.15) is 0 Å². The Labute approximate surface area is 98.4 Å². The second kappa shape index (κ2) is 3.30. The van der Waals surface area contributed by atoms with Crippen LogP contribution in [0.2, 0.25) is 0 Å². The lowest BCUT2D eigenvalue weighted by atomic mass is 9.79. The van der Waals surface area contributed by atoms with Crippen LogP contribution in [0.3, 0.4) is 0 Å². The Morgan fingerprint density at radius 2 is 2.18 bits per heavy atom. The van der Waals surface area contributed by atoms with E-state index in [0.717, 1.165) is 11.3 Å². The summed E-state index contributed by atoms with van der Waals surface area (Å²) in [5.41, 5.74) is 6.45. The normalized spacial score (nSPS) is 30.4. The third-order valence-corrected chi connectivity index (χ3v) is 3.67. The Kier molecular flexibility index (Phi) is 2.00. The summed E-state index contributed by atoms with van der Waals surface area (Å²) in [6.07, 6.45) is 0.436. The van der Waals surface area contributed by atoms with Crippen molar-refractivity contribution in [3.63, 3.8) is 0 Å². The molecule has 0 bridgehead atoms. The number of carbonyl (C=O) groups is 2. The van der Waals surface area contributed by atoms with Gasteiger partial charge in [0.25, 0.3) is 0 Å². The summed E-state index contributed by atoms with van der Waals surface area (Å²) < 4.78 is 0. The summed E-state index contributed by atoms with van der Waals surface area (Å²) in [4.78, 5) is 23.3. The van der Waals surface area contributed by atoms with Crippen molar-refractivity contribution in [3.05, 3.63) is 29.8 Å². The number of hydrogen-bond donors (Lipinski definition) is 3. The van der Waals surface area contributed by atoms with E-state index in [-0.39, 0.29) is 5.91 Å². The first-order valence-corrected chi connectivity index (χ1v) is 5.57. The molecule has 0 saturated carbocycles. The Balaban J connectivity index is 2.04. The van der Waals surface area contributed by atoms with Gasteiger partial charge in [-0.05, 0) is 18.1 Å². The van der Waals surface area contributed by atoms with Crippen LogP contribution >= 0.6 is 0 Å². The average molecular weight is 231 g/mol. The maximum atomic E-state index is 12.1. The molecule has 5 heteroatoms. The molecule has 1 spiro atoms. The van der Waals surface area contributed by atoms with Gasteiger partial charge in [0.1, 0.15) is 0 Å². The molecule has 2 amide bonds. The molecule has 1 fully saturated rings. The molecule has 1 saturated heterocycles. The molecule has 4 N–H and O–H groups in total. The Hall–Kier alpha value is -1.88. The number of primary amides is 1. The van der Waals surface area contributed by atoms with E-state index in [1.165, 1.54) is 0 Å². The minimum absolute atomic E-state index is 0.0463. The van der Waals surface area contributed by atoms with E-state index in [9.17, 15) is 9.59 Å². The molecule has 2 atom stereocenters. The summed E-state index contributed by atoms with van der Waals surface area (Å²) in [5.74, 6) is -0.450. The SMILES string of the molecule is NC(=O)[C@H]1C[C@]2(CN1)C(=O)Nc1ccccc12. The largest absolute Gasteiger partial charge is 0.368 e. The molecule has 0 radical (unpaired) electrons. The molecule has 2 aliphatic heterocycles. The van der Waals surface area contributed by atoms with Crippen molar-refractivity contribution in [1.29, 1.82) is 0 Å². The number of para-hydroxylation sites is 1. The highest BCUT2D eigenvalue weighted by Crippen LogP contribution is 2.43. The molecule has 1 aromatic rings. The first-order valence-electron chi connectivity index (χ1n) is 5.57. The highest BCUT2D eigenvalue weighted by molar-refractivity contribution is 6.07. The number of rotatable bonds is 1. The van der Waals surface area contributed by atoms with Gasteiger partial charge < -0.3 is 16.4 Å². The Morgan fingerprint density at radius 1 is 1.41 bits per heavy atom. The molecule has 5 nitrogen and oxygen atoms in total. The van der Waals surface area contributed by atoms with Gasteiger partial charge in [-0.15, -0.1) is 0 Å². The zero-order valence-electron chi connectivity index (χ0n) is 9.19. The van der Waals surface area contributed by atoms with Crippen LogP contribution in [0.4, 0.5) is 5.69 Å². The van der Waals surface area contributed by atoms with Crippen LogP contribution in [0.1, 0.15) is 12.0 Å². The highest BCUT2D eigenvalue weighted by atomic mass is 16.2. The van der Waals surface area contributed by atoms with Crippen molar-refractivity contribution in [1.82, 2.24) is 5.32 Å². The van der Waals surface area contributed by atoms with Crippen molar-refractivity contribution < 1.29 is 9.59 Å². The van der Waals surface area contributed by atoms with E-state index in [0.29, 0.717) is 13.0 Å². The number of benzene rings is 1. The number of hydrogen-bond acceptors (Lipinski definition) is 3. The number of nitrogens with two attached hydrogens (primary N) is 1. The van der Waals surface area contributed by atoms with Gasteiger partial charge >= 0.3 is 0 Å². The quantitative estimate of drug-likeness (QED) is 0.621. The fourth-order valence-corrected chi connectivity index (χ4v) is 2.74. The molecule has 3 rings (SSSR count). The highest BCUT2D eigenvalue weighted by Gasteiger charge is 2.52. The maximum absolute atomic E-state index is 12.1. The van der Waals surface area contributed by atoms with Crippen LogP contribution in [-0.4, -0.2) is 24.4 Å². The van der Waals surface area contributed by atoms with Crippen molar-refractivity contribution in [2.24, 2.45) is 5.73 Å². The lowest BCUT2D eigenvalue weighted by molar-refractivity contribution is -0.120. The van der Waals surface area contributed by atoms with Crippen LogP contribution in [0.5, 0.6) is 0 Å². The van der Waals surface area contributed by atoms with Gasteiger partial charge in [-0.25, -0.2) is 0 Å². The van der Waals surface area contributed by atoms with E-state index in [1.54, 1.807) is 0 Å².